The van der Waals surface area contributed by atoms with Crippen LogP contribution in [0.4, 0.5) is 0 Å². The molecule has 2 aromatic rings. The molecule has 0 atom stereocenters. The molecule has 0 aliphatic carbocycles. The van der Waals surface area contributed by atoms with Crippen molar-refractivity contribution in [2.75, 3.05) is 6.61 Å². The third kappa shape index (κ3) is 3.64. The van der Waals surface area contributed by atoms with Gasteiger partial charge in [-0.05, 0) is 31.0 Å². The van der Waals surface area contributed by atoms with E-state index in [0.29, 0.717) is 24.1 Å². The Hall–Kier alpha value is -1.74. The van der Waals surface area contributed by atoms with E-state index in [1.54, 1.807) is 0 Å². The van der Waals surface area contributed by atoms with Crippen LogP contribution in [0.3, 0.4) is 0 Å². The summed E-state index contributed by atoms with van der Waals surface area (Å²) in [5, 5.41) is 0. The number of aryl methyl sites for hydroxylation is 1. The van der Waals surface area contributed by atoms with Crippen molar-refractivity contribution in [2.24, 2.45) is 0 Å². The van der Waals surface area contributed by atoms with E-state index in [1.807, 2.05) is 43.3 Å². The van der Waals surface area contributed by atoms with Gasteiger partial charge in [-0.1, -0.05) is 25.1 Å². The second-order valence-electron chi connectivity index (χ2n) is 4.42. The molecule has 0 spiro atoms. The van der Waals surface area contributed by atoms with Gasteiger partial charge in [0, 0.05) is 17.6 Å². The highest BCUT2D eigenvalue weighted by Crippen LogP contribution is 2.30. The number of halogens is 1. The maximum Gasteiger partial charge on any atom is 0.219 e. The summed E-state index contributed by atoms with van der Waals surface area (Å²) in [6, 6.07) is 11.4. The first-order valence-electron chi connectivity index (χ1n) is 6.66. The molecule has 1 heterocycles. The van der Waals surface area contributed by atoms with E-state index in [9.17, 15) is 0 Å². The number of pyridine rings is 1. The minimum atomic E-state index is 0.454. The van der Waals surface area contributed by atoms with Crippen molar-refractivity contribution in [3.8, 4) is 17.4 Å². The van der Waals surface area contributed by atoms with E-state index in [1.165, 1.54) is 0 Å². The van der Waals surface area contributed by atoms with Crippen molar-refractivity contribution in [1.29, 1.82) is 0 Å². The first-order chi connectivity index (χ1) is 9.74. The van der Waals surface area contributed by atoms with Crippen molar-refractivity contribution in [2.45, 2.75) is 26.1 Å². The maximum absolute atomic E-state index is 5.83. The number of para-hydroxylation sites is 2. The molecule has 0 N–H and O–H groups in total. The van der Waals surface area contributed by atoms with Crippen LogP contribution in [0.5, 0.6) is 17.4 Å². The lowest BCUT2D eigenvalue weighted by Crippen LogP contribution is -1.98. The summed E-state index contributed by atoms with van der Waals surface area (Å²) >= 11 is 5.83. The predicted octanol–water partition coefficient (Wildman–Crippen LogP) is 4.71. The summed E-state index contributed by atoms with van der Waals surface area (Å²) in [6.07, 6.45) is 0.954. The van der Waals surface area contributed by atoms with E-state index in [-0.39, 0.29) is 0 Å². The molecule has 0 radical (unpaired) electrons. The standard InChI is InChI=1S/C16H18ClNO2/c1-3-10-19-14-6-4-5-7-15(14)20-16-9-8-13(11-17)12(2)18-16/h4-9H,3,10-11H2,1-2H3. The van der Waals surface area contributed by atoms with Crippen LogP contribution in [0.15, 0.2) is 36.4 Å². The molecule has 1 aromatic heterocycles. The van der Waals surface area contributed by atoms with Gasteiger partial charge in [0.2, 0.25) is 5.88 Å². The molecule has 0 amide bonds. The van der Waals surface area contributed by atoms with Gasteiger partial charge in [-0.2, -0.15) is 0 Å². The second kappa shape index (κ2) is 7.15. The Morgan fingerprint density at radius 1 is 1.10 bits per heavy atom. The summed E-state index contributed by atoms with van der Waals surface area (Å²) < 4.78 is 11.5. The van der Waals surface area contributed by atoms with Crippen LogP contribution in [0, 0.1) is 6.92 Å². The molecule has 1 aromatic carbocycles. The van der Waals surface area contributed by atoms with Crippen LogP contribution >= 0.6 is 11.6 Å². The third-order valence-corrected chi connectivity index (χ3v) is 3.13. The molecule has 0 saturated heterocycles. The molecule has 0 aliphatic rings. The Balaban J connectivity index is 2.19. The molecule has 0 fully saturated rings. The molecule has 20 heavy (non-hydrogen) atoms. The van der Waals surface area contributed by atoms with Gasteiger partial charge >= 0.3 is 0 Å². The van der Waals surface area contributed by atoms with E-state index in [2.05, 4.69) is 11.9 Å². The number of nitrogens with zero attached hydrogens (tertiary/aromatic N) is 1. The van der Waals surface area contributed by atoms with E-state index < -0.39 is 0 Å². The SMILES string of the molecule is CCCOc1ccccc1Oc1ccc(CCl)c(C)n1. The first-order valence-corrected chi connectivity index (χ1v) is 7.20. The van der Waals surface area contributed by atoms with E-state index in [4.69, 9.17) is 21.1 Å². The smallest absolute Gasteiger partial charge is 0.219 e. The van der Waals surface area contributed by atoms with Gasteiger partial charge in [-0.15, -0.1) is 11.6 Å². The quantitative estimate of drug-likeness (QED) is 0.722. The van der Waals surface area contributed by atoms with Crippen molar-refractivity contribution in [1.82, 2.24) is 4.98 Å². The molecule has 0 aliphatic heterocycles. The first kappa shape index (κ1) is 14.7. The van der Waals surface area contributed by atoms with Crippen LogP contribution in [0.25, 0.3) is 0 Å². The van der Waals surface area contributed by atoms with Crippen molar-refractivity contribution in [3.63, 3.8) is 0 Å². The molecule has 2 rings (SSSR count). The fraction of sp³-hybridized carbons (Fsp3) is 0.312. The Kier molecular flexibility index (Phi) is 5.24. The lowest BCUT2D eigenvalue weighted by Gasteiger charge is -2.12. The minimum Gasteiger partial charge on any atom is -0.490 e. The lowest BCUT2D eigenvalue weighted by molar-refractivity contribution is 0.300. The summed E-state index contributed by atoms with van der Waals surface area (Å²) in [4.78, 5) is 4.40. The Morgan fingerprint density at radius 3 is 2.50 bits per heavy atom. The third-order valence-electron chi connectivity index (χ3n) is 2.84. The molecular weight excluding hydrogens is 274 g/mol. The predicted molar refractivity (Wildman–Crippen MR) is 80.8 cm³/mol. The summed E-state index contributed by atoms with van der Waals surface area (Å²) in [5.41, 5.74) is 1.89. The zero-order valence-electron chi connectivity index (χ0n) is 11.7. The van der Waals surface area contributed by atoms with Crippen molar-refractivity contribution < 1.29 is 9.47 Å². The van der Waals surface area contributed by atoms with Crippen LogP contribution in [-0.2, 0) is 5.88 Å². The highest BCUT2D eigenvalue weighted by atomic mass is 35.5. The van der Waals surface area contributed by atoms with Crippen molar-refractivity contribution >= 4 is 11.6 Å². The zero-order valence-corrected chi connectivity index (χ0v) is 12.5. The summed E-state index contributed by atoms with van der Waals surface area (Å²) in [6.45, 7) is 4.65. The van der Waals surface area contributed by atoms with Crippen molar-refractivity contribution in [3.05, 3.63) is 47.7 Å². The van der Waals surface area contributed by atoms with Crippen LogP contribution in [-0.4, -0.2) is 11.6 Å². The molecule has 0 saturated carbocycles. The van der Waals surface area contributed by atoms with Gasteiger partial charge in [0.05, 0.1) is 6.61 Å². The van der Waals surface area contributed by atoms with Crippen LogP contribution in [0.1, 0.15) is 24.6 Å². The average Bonchev–Trinajstić information content (AvgIpc) is 2.46. The summed E-state index contributed by atoms with van der Waals surface area (Å²) in [7, 11) is 0. The molecule has 0 unspecified atom stereocenters. The van der Waals surface area contributed by atoms with E-state index in [0.717, 1.165) is 23.4 Å². The van der Waals surface area contributed by atoms with Gasteiger partial charge in [0.25, 0.3) is 0 Å². The number of hydrogen-bond donors (Lipinski definition) is 0. The van der Waals surface area contributed by atoms with Gasteiger partial charge in [-0.3, -0.25) is 0 Å². The second-order valence-corrected chi connectivity index (χ2v) is 4.69. The Bertz CT molecular complexity index is 572. The van der Waals surface area contributed by atoms with Gasteiger partial charge in [0.1, 0.15) is 0 Å². The fourth-order valence-corrected chi connectivity index (χ4v) is 2.03. The number of hydrogen-bond acceptors (Lipinski definition) is 3. The molecule has 3 nitrogen and oxygen atoms in total. The number of ether oxygens (including phenoxy) is 2. The zero-order chi connectivity index (χ0) is 14.4. The minimum absolute atomic E-state index is 0.454. The normalized spacial score (nSPS) is 10.3. The average molecular weight is 292 g/mol. The van der Waals surface area contributed by atoms with E-state index >= 15 is 0 Å². The molecule has 106 valence electrons. The maximum atomic E-state index is 5.83. The molecule has 4 heteroatoms. The molecule has 0 bridgehead atoms. The summed E-state index contributed by atoms with van der Waals surface area (Å²) in [5.74, 6) is 2.40. The van der Waals surface area contributed by atoms with Crippen LogP contribution < -0.4 is 9.47 Å². The highest BCUT2D eigenvalue weighted by Gasteiger charge is 2.07. The van der Waals surface area contributed by atoms with Gasteiger partial charge in [-0.25, -0.2) is 4.98 Å². The Morgan fingerprint density at radius 2 is 1.85 bits per heavy atom. The lowest BCUT2D eigenvalue weighted by atomic mass is 10.2. The number of rotatable bonds is 6. The van der Waals surface area contributed by atoms with Gasteiger partial charge in [0.15, 0.2) is 11.5 Å². The Labute approximate surface area is 124 Å². The largest absolute Gasteiger partial charge is 0.490 e. The number of alkyl halides is 1. The van der Waals surface area contributed by atoms with Crippen LogP contribution in [0.2, 0.25) is 0 Å². The van der Waals surface area contributed by atoms with Gasteiger partial charge < -0.3 is 9.47 Å². The highest BCUT2D eigenvalue weighted by molar-refractivity contribution is 6.17. The molecular formula is C16H18ClNO2. The number of aromatic nitrogens is 1. The number of benzene rings is 1. The monoisotopic (exact) mass is 291 g/mol. The fourth-order valence-electron chi connectivity index (χ4n) is 1.74. The topological polar surface area (TPSA) is 31.4 Å².